The zero-order valence-electron chi connectivity index (χ0n) is 15.8. The molecule has 146 valence electrons. The van der Waals surface area contributed by atoms with Crippen LogP contribution >= 0.6 is 0 Å². The molecule has 3 aromatic rings. The molecular formula is C18H21N7O3. The predicted molar refractivity (Wildman–Crippen MR) is 103 cm³/mol. The zero-order chi connectivity index (χ0) is 19.8. The summed E-state index contributed by atoms with van der Waals surface area (Å²) in [5, 5.41) is 0. The normalized spacial score (nSPS) is 14.6. The van der Waals surface area contributed by atoms with E-state index in [4.69, 9.17) is 0 Å². The number of carbonyl (C=O) groups is 1. The smallest absolute Gasteiger partial charge is 0.332 e. The number of nitrogens with zero attached hydrogens (tertiary/aromatic N) is 7. The minimum Gasteiger partial charge on any atom is -0.353 e. The van der Waals surface area contributed by atoms with Crippen LogP contribution in [0.1, 0.15) is 0 Å². The lowest BCUT2D eigenvalue weighted by Gasteiger charge is -2.35. The largest absolute Gasteiger partial charge is 0.353 e. The van der Waals surface area contributed by atoms with Gasteiger partial charge in [-0.1, -0.05) is 6.07 Å². The number of piperazine rings is 1. The lowest BCUT2D eigenvalue weighted by Crippen LogP contribution is -2.51. The molecule has 0 aromatic carbocycles. The number of aryl methyl sites for hydroxylation is 2. The molecule has 0 aliphatic carbocycles. The molecule has 1 amide bonds. The minimum atomic E-state index is -0.545. The van der Waals surface area contributed by atoms with E-state index in [0.717, 1.165) is 10.4 Å². The Labute approximate surface area is 160 Å². The highest BCUT2D eigenvalue weighted by Crippen LogP contribution is 2.12. The van der Waals surface area contributed by atoms with Crippen molar-refractivity contribution >= 4 is 22.9 Å². The van der Waals surface area contributed by atoms with E-state index in [-0.39, 0.29) is 12.5 Å². The van der Waals surface area contributed by atoms with Gasteiger partial charge in [-0.25, -0.2) is 19.3 Å². The number of imidazole rings is 1. The Morgan fingerprint density at radius 3 is 2.50 bits per heavy atom. The van der Waals surface area contributed by atoms with Crippen molar-refractivity contribution in [2.45, 2.75) is 6.54 Å². The number of amides is 1. The van der Waals surface area contributed by atoms with Crippen LogP contribution in [0, 0.1) is 0 Å². The van der Waals surface area contributed by atoms with Crippen LogP contribution in [0.5, 0.6) is 0 Å². The number of rotatable bonds is 3. The average molecular weight is 383 g/mol. The van der Waals surface area contributed by atoms with E-state index < -0.39 is 11.2 Å². The van der Waals surface area contributed by atoms with Crippen molar-refractivity contribution in [3.05, 3.63) is 51.6 Å². The van der Waals surface area contributed by atoms with Crippen molar-refractivity contribution in [2.24, 2.45) is 14.1 Å². The molecule has 0 atom stereocenters. The molecule has 1 saturated heterocycles. The number of carbonyl (C=O) groups excluding carboxylic acids is 1. The summed E-state index contributed by atoms with van der Waals surface area (Å²) in [5.41, 5.74) is -0.435. The van der Waals surface area contributed by atoms with E-state index >= 15 is 0 Å². The Balaban J connectivity index is 1.53. The van der Waals surface area contributed by atoms with E-state index in [1.54, 1.807) is 29.8 Å². The van der Waals surface area contributed by atoms with Crippen molar-refractivity contribution in [3.63, 3.8) is 0 Å². The Kier molecular flexibility index (Phi) is 4.46. The number of hydrogen-bond donors (Lipinski definition) is 0. The Morgan fingerprint density at radius 1 is 1.07 bits per heavy atom. The molecule has 0 radical (unpaired) electrons. The van der Waals surface area contributed by atoms with Gasteiger partial charge in [0, 0.05) is 46.5 Å². The lowest BCUT2D eigenvalue weighted by atomic mass is 10.3. The molecule has 28 heavy (non-hydrogen) atoms. The minimum absolute atomic E-state index is 0.249. The third kappa shape index (κ3) is 2.96. The molecule has 4 rings (SSSR count). The number of fused-ring (bicyclic) bond motifs is 1. The first kappa shape index (κ1) is 18.0. The van der Waals surface area contributed by atoms with Gasteiger partial charge in [0.2, 0.25) is 5.91 Å². The third-order valence-electron chi connectivity index (χ3n) is 5.10. The van der Waals surface area contributed by atoms with Gasteiger partial charge in [0.1, 0.15) is 12.4 Å². The molecule has 0 N–H and O–H groups in total. The molecule has 0 bridgehead atoms. The van der Waals surface area contributed by atoms with Crippen LogP contribution in [-0.4, -0.2) is 60.7 Å². The molecule has 3 aromatic heterocycles. The van der Waals surface area contributed by atoms with E-state index in [1.807, 2.05) is 18.2 Å². The highest BCUT2D eigenvalue weighted by molar-refractivity contribution is 5.77. The van der Waals surface area contributed by atoms with Crippen LogP contribution in [0.15, 0.2) is 40.3 Å². The van der Waals surface area contributed by atoms with Gasteiger partial charge in [-0.2, -0.15) is 0 Å². The monoisotopic (exact) mass is 383 g/mol. The average Bonchev–Trinajstić information content (AvgIpc) is 3.12. The summed E-state index contributed by atoms with van der Waals surface area (Å²) in [6.45, 7) is 2.04. The standard InChI is InChI=1S/C18H21N7O3/c1-21-12-20-16-15(21)17(27)25(18(28)22(16)2)11-14(26)24-9-7-23(8-10-24)13-5-3-4-6-19-13/h3-6,12H,7-11H2,1-2H3. The van der Waals surface area contributed by atoms with Gasteiger partial charge >= 0.3 is 5.69 Å². The van der Waals surface area contributed by atoms with Crippen LogP contribution < -0.4 is 16.1 Å². The maximum absolute atomic E-state index is 12.7. The first-order valence-electron chi connectivity index (χ1n) is 9.02. The first-order chi connectivity index (χ1) is 13.5. The second kappa shape index (κ2) is 6.95. The lowest BCUT2D eigenvalue weighted by molar-refractivity contribution is -0.132. The summed E-state index contributed by atoms with van der Waals surface area (Å²) >= 11 is 0. The van der Waals surface area contributed by atoms with E-state index in [0.29, 0.717) is 37.3 Å². The summed E-state index contributed by atoms with van der Waals surface area (Å²) in [5.74, 6) is 0.628. The first-order valence-corrected chi connectivity index (χ1v) is 9.02. The Hall–Kier alpha value is -3.43. The summed E-state index contributed by atoms with van der Waals surface area (Å²) in [4.78, 5) is 50.3. The maximum Gasteiger partial charge on any atom is 0.332 e. The predicted octanol–water partition coefficient (Wildman–Crippen LogP) is -0.822. The SMILES string of the molecule is Cn1cnc2c1c(=O)n(CC(=O)N1CCN(c3ccccn3)CC1)c(=O)n2C. The second-order valence-corrected chi connectivity index (χ2v) is 6.82. The fourth-order valence-electron chi connectivity index (χ4n) is 3.50. The van der Waals surface area contributed by atoms with Crippen LogP contribution in [0.2, 0.25) is 0 Å². The Morgan fingerprint density at radius 2 is 1.82 bits per heavy atom. The van der Waals surface area contributed by atoms with E-state index in [2.05, 4.69) is 14.9 Å². The van der Waals surface area contributed by atoms with Gasteiger partial charge in [0.15, 0.2) is 11.2 Å². The molecule has 1 fully saturated rings. The fourth-order valence-corrected chi connectivity index (χ4v) is 3.50. The number of hydrogen-bond acceptors (Lipinski definition) is 6. The van der Waals surface area contributed by atoms with Crippen LogP contribution in [0.4, 0.5) is 5.82 Å². The molecule has 0 saturated carbocycles. The molecule has 0 unspecified atom stereocenters. The Bertz CT molecular complexity index is 1140. The highest BCUT2D eigenvalue weighted by atomic mass is 16.2. The zero-order valence-corrected chi connectivity index (χ0v) is 15.8. The molecule has 0 spiro atoms. The van der Waals surface area contributed by atoms with Gasteiger partial charge < -0.3 is 14.4 Å². The van der Waals surface area contributed by atoms with Crippen molar-refractivity contribution in [1.82, 2.24) is 28.6 Å². The number of aromatic nitrogens is 5. The molecule has 4 heterocycles. The van der Waals surface area contributed by atoms with E-state index in [1.165, 1.54) is 10.9 Å². The van der Waals surface area contributed by atoms with Crippen molar-refractivity contribution in [1.29, 1.82) is 0 Å². The molecule has 1 aliphatic rings. The summed E-state index contributed by atoms with van der Waals surface area (Å²) in [7, 11) is 3.23. The number of pyridine rings is 1. The third-order valence-corrected chi connectivity index (χ3v) is 5.10. The maximum atomic E-state index is 12.7. The van der Waals surface area contributed by atoms with Crippen LogP contribution in [-0.2, 0) is 25.4 Å². The summed E-state index contributed by atoms with van der Waals surface area (Å²) in [6.07, 6.45) is 3.22. The second-order valence-electron chi connectivity index (χ2n) is 6.82. The highest BCUT2D eigenvalue weighted by Gasteiger charge is 2.24. The topological polar surface area (TPSA) is 98.3 Å². The molecular weight excluding hydrogens is 362 g/mol. The van der Waals surface area contributed by atoms with Gasteiger partial charge in [-0.3, -0.25) is 14.2 Å². The van der Waals surface area contributed by atoms with Crippen molar-refractivity contribution in [3.8, 4) is 0 Å². The molecule has 10 heteroatoms. The van der Waals surface area contributed by atoms with Gasteiger partial charge in [-0.15, -0.1) is 0 Å². The molecule has 1 aliphatic heterocycles. The quantitative estimate of drug-likeness (QED) is 0.586. The summed E-state index contributed by atoms with van der Waals surface area (Å²) < 4.78 is 3.84. The van der Waals surface area contributed by atoms with Crippen LogP contribution in [0.25, 0.3) is 11.2 Å². The number of anilines is 1. The fraction of sp³-hybridized carbons (Fsp3) is 0.389. The van der Waals surface area contributed by atoms with Gasteiger partial charge in [0.25, 0.3) is 5.56 Å². The molecule has 10 nitrogen and oxygen atoms in total. The summed E-state index contributed by atoms with van der Waals surface area (Å²) in [6, 6.07) is 5.72. The van der Waals surface area contributed by atoms with Gasteiger partial charge in [0.05, 0.1) is 6.33 Å². The van der Waals surface area contributed by atoms with Gasteiger partial charge in [-0.05, 0) is 12.1 Å². The van der Waals surface area contributed by atoms with E-state index in [9.17, 15) is 14.4 Å². The van der Waals surface area contributed by atoms with Crippen molar-refractivity contribution < 1.29 is 4.79 Å². The van der Waals surface area contributed by atoms with Crippen LogP contribution in [0.3, 0.4) is 0 Å². The van der Waals surface area contributed by atoms with Crippen molar-refractivity contribution in [2.75, 3.05) is 31.1 Å².